The molecule has 3 aromatic heterocycles. The number of furan rings is 1. The lowest BCUT2D eigenvalue weighted by Gasteiger charge is -2.02. The largest absolute Gasteiger partial charge is 0.466 e. The van der Waals surface area contributed by atoms with Crippen LogP contribution in [0.4, 0.5) is 4.39 Å². The van der Waals surface area contributed by atoms with Crippen molar-refractivity contribution >= 4 is 11.8 Å². The van der Waals surface area contributed by atoms with Crippen LogP contribution in [0.25, 0.3) is 22.8 Å². The van der Waals surface area contributed by atoms with Crippen molar-refractivity contribution in [2.24, 2.45) is 0 Å². The van der Waals surface area contributed by atoms with Crippen LogP contribution < -0.4 is 5.84 Å². The topological polar surface area (TPSA) is 109 Å². The third kappa shape index (κ3) is 3.43. The number of nitrogens with zero attached hydrogens (tertiary/aromatic N) is 5. The van der Waals surface area contributed by atoms with Crippen molar-refractivity contribution in [2.75, 3.05) is 5.84 Å². The molecule has 0 radical (unpaired) electrons. The number of rotatable bonds is 5. The predicted molar refractivity (Wildman–Crippen MR) is 96.6 cm³/mol. The Kier molecular flexibility index (Phi) is 4.40. The van der Waals surface area contributed by atoms with E-state index in [1.807, 2.05) is 19.9 Å². The molecule has 10 heteroatoms. The molecule has 2 N–H and O–H groups in total. The van der Waals surface area contributed by atoms with Gasteiger partial charge in [-0.1, -0.05) is 23.9 Å². The van der Waals surface area contributed by atoms with E-state index >= 15 is 0 Å². The second kappa shape index (κ2) is 6.88. The standard InChI is InChI=1S/C17H15FN6O2S/c1-9-6-13(10(2)25-9)16-22-20-14(26-16)8-27-17-23-21-15(24(17)19)11-4-3-5-12(18)7-11/h3-7H,8,19H2,1-2H3. The molecule has 3 heterocycles. The maximum absolute atomic E-state index is 13.4. The number of thioether (sulfide) groups is 1. The number of aryl methyl sites for hydroxylation is 2. The third-order valence-electron chi connectivity index (χ3n) is 3.81. The smallest absolute Gasteiger partial charge is 0.251 e. The summed E-state index contributed by atoms with van der Waals surface area (Å²) < 4.78 is 25.9. The molecule has 1 aromatic carbocycles. The second-order valence-electron chi connectivity index (χ2n) is 5.80. The van der Waals surface area contributed by atoms with Crippen molar-refractivity contribution < 1.29 is 13.2 Å². The minimum atomic E-state index is -0.368. The zero-order valence-electron chi connectivity index (χ0n) is 14.5. The summed E-state index contributed by atoms with van der Waals surface area (Å²) in [6, 6.07) is 7.85. The highest BCUT2D eigenvalue weighted by Gasteiger charge is 2.17. The summed E-state index contributed by atoms with van der Waals surface area (Å²) in [6.45, 7) is 3.69. The molecule has 0 aliphatic rings. The van der Waals surface area contributed by atoms with Crippen LogP contribution in [0.2, 0.25) is 0 Å². The van der Waals surface area contributed by atoms with Crippen LogP contribution in [0.5, 0.6) is 0 Å². The van der Waals surface area contributed by atoms with Crippen LogP contribution in [-0.2, 0) is 5.75 Å². The molecule has 0 aliphatic carbocycles. The van der Waals surface area contributed by atoms with E-state index in [4.69, 9.17) is 14.7 Å². The zero-order valence-corrected chi connectivity index (χ0v) is 15.3. The first kappa shape index (κ1) is 17.3. The van der Waals surface area contributed by atoms with E-state index in [9.17, 15) is 4.39 Å². The van der Waals surface area contributed by atoms with Crippen molar-refractivity contribution in [3.63, 3.8) is 0 Å². The van der Waals surface area contributed by atoms with E-state index in [2.05, 4.69) is 20.4 Å². The Morgan fingerprint density at radius 1 is 1.11 bits per heavy atom. The van der Waals surface area contributed by atoms with Gasteiger partial charge in [-0.2, -0.15) is 0 Å². The van der Waals surface area contributed by atoms with Crippen molar-refractivity contribution in [3.05, 3.63) is 53.6 Å². The van der Waals surface area contributed by atoms with Gasteiger partial charge in [0, 0.05) is 5.56 Å². The molecular weight excluding hydrogens is 371 g/mol. The van der Waals surface area contributed by atoms with E-state index in [0.717, 1.165) is 17.1 Å². The molecule has 4 rings (SSSR count). The van der Waals surface area contributed by atoms with Crippen LogP contribution in [0.15, 0.2) is 44.3 Å². The van der Waals surface area contributed by atoms with Crippen molar-refractivity contribution in [1.82, 2.24) is 25.1 Å². The van der Waals surface area contributed by atoms with Crippen LogP contribution >= 0.6 is 11.8 Å². The molecule has 138 valence electrons. The number of nitrogens with two attached hydrogens (primary N) is 1. The fourth-order valence-electron chi connectivity index (χ4n) is 2.59. The molecule has 0 atom stereocenters. The SMILES string of the molecule is Cc1cc(-c2nnc(CSc3nnc(-c4cccc(F)c4)n3N)o2)c(C)o1. The van der Waals surface area contributed by atoms with Gasteiger partial charge in [-0.3, -0.25) is 0 Å². The lowest BCUT2D eigenvalue weighted by molar-refractivity contribution is 0.499. The highest BCUT2D eigenvalue weighted by molar-refractivity contribution is 7.98. The highest BCUT2D eigenvalue weighted by atomic mass is 32.2. The summed E-state index contributed by atoms with van der Waals surface area (Å²) in [7, 11) is 0. The van der Waals surface area contributed by atoms with Crippen LogP contribution in [0.3, 0.4) is 0 Å². The molecule has 0 spiro atoms. The van der Waals surface area contributed by atoms with Gasteiger partial charge in [0.2, 0.25) is 11.0 Å². The van der Waals surface area contributed by atoms with E-state index in [-0.39, 0.29) is 5.82 Å². The van der Waals surface area contributed by atoms with Gasteiger partial charge in [0.15, 0.2) is 5.82 Å². The number of hydrogen-bond acceptors (Lipinski definition) is 8. The molecule has 0 saturated heterocycles. The summed E-state index contributed by atoms with van der Waals surface area (Å²) in [6.07, 6.45) is 0. The quantitative estimate of drug-likeness (QED) is 0.411. The first-order valence-corrected chi connectivity index (χ1v) is 8.99. The summed E-state index contributed by atoms with van der Waals surface area (Å²) in [5, 5.41) is 16.6. The predicted octanol–water partition coefficient (Wildman–Crippen LogP) is 3.35. The maximum atomic E-state index is 13.4. The Bertz CT molecular complexity index is 1100. The fraction of sp³-hybridized carbons (Fsp3) is 0.176. The lowest BCUT2D eigenvalue weighted by Crippen LogP contribution is -2.11. The van der Waals surface area contributed by atoms with Crippen LogP contribution in [-0.4, -0.2) is 25.1 Å². The number of nitrogen functional groups attached to an aromatic ring is 1. The first-order chi connectivity index (χ1) is 13.0. The summed E-state index contributed by atoms with van der Waals surface area (Å²) >= 11 is 1.29. The van der Waals surface area contributed by atoms with Crippen molar-refractivity contribution in [1.29, 1.82) is 0 Å². The molecule has 0 bridgehead atoms. The molecule has 0 unspecified atom stereocenters. The average Bonchev–Trinajstić information content (AvgIpc) is 3.32. The van der Waals surface area contributed by atoms with Gasteiger partial charge < -0.3 is 14.7 Å². The van der Waals surface area contributed by atoms with Gasteiger partial charge in [0.25, 0.3) is 5.89 Å². The Balaban J connectivity index is 1.49. The van der Waals surface area contributed by atoms with Gasteiger partial charge in [-0.05, 0) is 32.0 Å². The van der Waals surface area contributed by atoms with E-state index in [1.54, 1.807) is 12.1 Å². The minimum absolute atomic E-state index is 0.362. The highest BCUT2D eigenvalue weighted by Crippen LogP contribution is 2.28. The maximum Gasteiger partial charge on any atom is 0.251 e. The molecule has 0 fully saturated rings. The molecule has 0 amide bonds. The number of hydrogen-bond donors (Lipinski definition) is 1. The molecule has 27 heavy (non-hydrogen) atoms. The minimum Gasteiger partial charge on any atom is -0.466 e. The normalized spacial score (nSPS) is 11.2. The Morgan fingerprint density at radius 2 is 1.96 bits per heavy atom. The van der Waals surface area contributed by atoms with E-state index in [1.165, 1.54) is 28.6 Å². The summed E-state index contributed by atoms with van der Waals surface area (Å²) in [4.78, 5) is 0. The van der Waals surface area contributed by atoms with Gasteiger partial charge in [0.1, 0.15) is 17.3 Å². The van der Waals surface area contributed by atoms with Crippen LogP contribution in [0.1, 0.15) is 17.4 Å². The number of halogens is 1. The molecule has 0 aliphatic heterocycles. The Labute approximate surface area is 157 Å². The molecular formula is C17H15FN6O2S. The van der Waals surface area contributed by atoms with E-state index in [0.29, 0.717) is 34.1 Å². The average molecular weight is 386 g/mol. The summed E-state index contributed by atoms with van der Waals surface area (Å²) in [5.41, 5.74) is 1.31. The van der Waals surface area contributed by atoms with Gasteiger partial charge in [0.05, 0.1) is 11.3 Å². The monoisotopic (exact) mass is 386 g/mol. The zero-order chi connectivity index (χ0) is 19.0. The summed E-state index contributed by atoms with van der Waals surface area (Å²) in [5.74, 6) is 8.71. The lowest BCUT2D eigenvalue weighted by atomic mass is 10.2. The Hall–Kier alpha value is -3.14. The Morgan fingerprint density at radius 3 is 2.70 bits per heavy atom. The second-order valence-corrected chi connectivity index (χ2v) is 6.75. The van der Waals surface area contributed by atoms with Crippen molar-refractivity contribution in [3.8, 4) is 22.8 Å². The molecule has 8 nitrogen and oxygen atoms in total. The molecule has 4 aromatic rings. The van der Waals surface area contributed by atoms with Crippen LogP contribution in [0, 0.1) is 19.7 Å². The van der Waals surface area contributed by atoms with E-state index < -0.39 is 0 Å². The van der Waals surface area contributed by atoms with Gasteiger partial charge in [-0.15, -0.1) is 20.4 Å². The molecule has 0 saturated carbocycles. The van der Waals surface area contributed by atoms with Gasteiger partial charge in [-0.25, -0.2) is 9.07 Å². The third-order valence-corrected chi connectivity index (χ3v) is 4.74. The number of aromatic nitrogens is 5. The first-order valence-electron chi connectivity index (χ1n) is 8.00. The van der Waals surface area contributed by atoms with Gasteiger partial charge >= 0.3 is 0 Å². The number of benzene rings is 1. The fourth-order valence-corrected chi connectivity index (χ4v) is 3.28. The van der Waals surface area contributed by atoms with Crippen molar-refractivity contribution in [2.45, 2.75) is 24.8 Å².